The molecule has 0 saturated heterocycles. The molecule has 0 spiro atoms. The third kappa shape index (κ3) is 4.43. The summed E-state index contributed by atoms with van der Waals surface area (Å²) in [6.45, 7) is 2.22. The van der Waals surface area contributed by atoms with E-state index in [1.807, 2.05) is 0 Å². The Labute approximate surface area is 117 Å². The minimum atomic E-state index is -3.46. The predicted molar refractivity (Wildman–Crippen MR) is 73.8 cm³/mol. The molecule has 7 heteroatoms. The van der Waals surface area contributed by atoms with E-state index in [-0.39, 0.29) is 17.6 Å². The third-order valence-electron chi connectivity index (χ3n) is 2.67. The highest BCUT2D eigenvalue weighted by atomic mass is 32.2. The van der Waals surface area contributed by atoms with E-state index in [9.17, 15) is 12.8 Å². The molecule has 2 aromatic rings. The zero-order valence-electron chi connectivity index (χ0n) is 11.0. The fraction of sp³-hybridized carbons (Fsp3) is 0.308. The molecular weight excluding hydrogens is 281 g/mol. The SMILES string of the molecule is C[C@H](Cn1cccn1)NS(=O)(=O)Cc1ccc(F)cc1. The molecule has 108 valence electrons. The second kappa shape index (κ2) is 6.15. The molecule has 1 heterocycles. The lowest BCUT2D eigenvalue weighted by molar-refractivity contribution is 0.493. The molecule has 0 fully saturated rings. The number of hydrogen-bond donors (Lipinski definition) is 1. The van der Waals surface area contributed by atoms with Crippen molar-refractivity contribution in [1.29, 1.82) is 0 Å². The van der Waals surface area contributed by atoms with E-state index in [1.165, 1.54) is 24.3 Å². The molecule has 1 aromatic heterocycles. The molecule has 20 heavy (non-hydrogen) atoms. The zero-order valence-corrected chi connectivity index (χ0v) is 11.8. The molecule has 1 atom stereocenters. The van der Waals surface area contributed by atoms with Crippen LogP contribution in [0.15, 0.2) is 42.7 Å². The minimum absolute atomic E-state index is 0.170. The Morgan fingerprint density at radius 3 is 2.65 bits per heavy atom. The summed E-state index contributed by atoms with van der Waals surface area (Å²) >= 11 is 0. The Kier molecular flexibility index (Phi) is 4.51. The van der Waals surface area contributed by atoms with Crippen molar-refractivity contribution in [3.63, 3.8) is 0 Å². The molecule has 0 bridgehead atoms. The lowest BCUT2D eigenvalue weighted by atomic mass is 10.2. The Hall–Kier alpha value is -1.73. The molecule has 0 aliphatic carbocycles. The van der Waals surface area contributed by atoms with Gasteiger partial charge in [0, 0.05) is 18.4 Å². The summed E-state index contributed by atoms with van der Waals surface area (Å²) < 4.78 is 41.0. The van der Waals surface area contributed by atoms with Crippen LogP contribution in [0.25, 0.3) is 0 Å². The van der Waals surface area contributed by atoms with Gasteiger partial charge in [0.1, 0.15) is 5.82 Å². The maximum Gasteiger partial charge on any atom is 0.216 e. The van der Waals surface area contributed by atoms with E-state index in [4.69, 9.17) is 0 Å². The fourth-order valence-corrected chi connectivity index (χ4v) is 3.28. The summed E-state index contributed by atoms with van der Waals surface area (Å²) in [7, 11) is -3.46. The van der Waals surface area contributed by atoms with Crippen molar-refractivity contribution in [2.24, 2.45) is 0 Å². The molecule has 0 amide bonds. The Morgan fingerprint density at radius 2 is 2.05 bits per heavy atom. The van der Waals surface area contributed by atoms with E-state index < -0.39 is 10.0 Å². The Balaban J connectivity index is 1.94. The average molecular weight is 297 g/mol. The van der Waals surface area contributed by atoms with Gasteiger partial charge in [0.15, 0.2) is 0 Å². The van der Waals surface area contributed by atoms with Crippen molar-refractivity contribution in [2.45, 2.75) is 25.3 Å². The van der Waals surface area contributed by atoms with Gasteiger partial charge in [-0.25, -0.2) is 17.5 Å². The van der Waals surface area contributed by atoms with Crippen molar-refractivity contribution >= 4 is 10.0 Å². The number of nitrogens with zero attached hydrogens (tertiary/aromatic N) is 2. The van der Waals surface area contributed by atoms with Crippen LogP contribution in [0.4, 0.5) is 4.39 Å². The maximum absolute atomic E-state index is 12.8. The average Bonchev–Trinajstić information content (AvgIpc) is 2.83. The van der Waals surface area contributed by atoms with Crippen LogP contribution in [0, 0.1) is 5.82 Å². The van der Waals surface area contributed by atoms with E-state index in [0.29, 0.717) is 12.1 Å². The number of aromatic nitrogens is 2. The fourth-order valence-electron chi connectivity index (χ4n) is 1.87. The largest absolute Gasteiger partial charge is 0.271 e. The van der Waals surface area contributed by atoms with E-state index >= 15 is 0 Å². The van der Waals surface area contributed by atoms with Crippen molar-refractivity contribution in [2.75, 3.05) is 0 Å². The molecular formula is C13H16FN3O2S. The second-order valence-corrected chi connectivity index (χ2v) is 6.39. The molecule has 0 radical (unpaired) electrons. The van der Waals surface area contributed by atoms with E-state index in [2.05, 4.69) is 9.82 Å². The molecule has 0 aliphatic rings. The van der Waals surface area contributed by atoms with E-state index in [0.717, 1.165) is 0 Å². The van der Waals surface area contributed by atoms with Crippen LogP contribution in [0.1, 0.15) is 12.5 Å². The summed E-state index contributed by atoms with van der Waals surface area (Å²) in [5, 5.41) is 4.02. The molecule has 5 nitrogen and oxygen atoms in total. The zero-order chi connectivity index (χ0) is 14.6. The van der Waals surface area contributed by atoms with Gasteiger partial charge in [0.25, 0.3) is 0 Å². The summed E-state index contributed by atoms with van der Waals surface area (Å²) in [4.78, 5) is 0. The van der Waals surface area contributed by atoms with Crippen LogP contribution in [0.3, 0.4) is 0 Å². The van der Waals surface area contributed by atoms with Crippen LogP contribution in [0.5, 0.6) is 0 Å². The number of sulfonamides is 1. The first-order valence-corrected chi connectivity index (χ1v) is 7.82. The summed E-state index contributed by atoms with van der Waals surface area (Å²) in [5.74, 6) is -0.553. The van der Waals surface area contributed by atoms with Crippen molar-refractivity contribution in [1.82, 2.24) is 14.5 Å². The number of hydrogen-bond acceptors (Lipinski definition) is 3. The van der Waals surface area contributed by atoms with Crippen LogP contribution in [-0.4, -0.2) is 24.2 Å². The highest BCUT2D eigenvalue weighted by Crippen LogP contribution is 2.07. The van der Waals surface area contributed by atoms with Gasteiger partial charge in [0.2, 0.25) is 10.0 Å². The minimum Gasteiger partial charge on any atom is -0.271 e. The van der Waals surface area contributed by atoms with Gasteiger partial charge >= 0.3 is 0 Å². The van der Waals surface area contributed by atoms with Crippen molar-refractivity contribution in [3.8, 4) is 0 Å². The van der Waals surface area contributed by atoms with E-state index in [1.54, 1.807) is 30.1 Å². The molecule has 0 unspecified atom stereocenters. The van der Waals surface area contributed by atoms with Gasteiger partial charge in [-0.05, 0) is 30.7 Å². The monoisotopic (exact) mass is 297 g/mol. The Bertz CT molecular complexity index is 639. The smallest absolute Gasteiger partial charge is 0.216 e. The van der Waals surface area contributed by atoms with Gasteiger partial charge in [-0.1, -0.05) is 12.1 Å². The summed E-state index contributed by atoms with van der Waals surface area (Å²) in [6, 6.07) is 6.93. The summed E-state index contributed by atoms with van der Waals surface area (Å²) in [6.07, 6.45) is 3.41. The first-order chi connectivity index (χ1) is 9.44. The highest BCUT2D eigenvalue weighted by molar-refractivity contribution is 7.88. The van der Waals surface area contributed by atoms with Crippen LogP contribution in [0.2, 0.25) is 0 Å². The summed E-state index contributed by atoms with van der Waals surface area (Å²) in [5.41, 5.74) is 0.546. The molecule has 1 N–H and O–H groups in total. The van der Waals surface area contributed by atoms with Gasteiger partial charge in [0.05, 0.1) is 12.3 Å². The second-order valence-electron chi connectivity index (χ2n) is 4.63. The standard InChI is InChI=1S/C13H16FN3O2S/c1-11(9-17-8-2-7-15-17)16-20(18,19)10-12-3-5-13(14)6-4-12/h2-8,11,16H,9-10H2,1H3/t11-/m1/s1. The normalized spacial score (nSPS) is 13.3. The quantitative estimate of drug-likeness (QED) is 0.879. The number of rotatable bonds is 6. The predicted octanol–water partition coefficient (Wildman–Crippen LogP) is 1.53. The Morgan fingerprint density at radius 1 is 1.35 bits per heavy atom. The number of nitrogens with one attached hydrogen (secondary N) is 1. The first kappa shape index (κ1) is 14.7. The molecule has 1 aromatic carbocycles. The van der Waals surface area contributed by atoms with Gasteiger partial charge in [-0.15, -0.1) is 0 Å². The van der Waals surface area contributed by atoms with Crippen LogP contribution >= 0.6 is 0 Å². The first-order valence-electron chi connectivity index (χ1n) is 6.16. The maximum atomic E-state index is 12.8. The van der Waals surface area contributed by atoms with Crippen LogP contribution in [-0.2, 0) is 22.3 Å². The molecule has 2 rings (SSSR count). The molecule has 0 saturated carbocycles. The lowest BCUT2D eigenvalue weighted by Gasteiger charge is -2.14. The highest BCUT2D eigenvalue weighted by Gasteiger charge is 2.15. The van der Waals surface area contributed by atoms with Gasteiger partial charge in [-0.2, -0.15) is 5.10 Å². The number of halogens is 1. The third-order valence-corrected chi connectivity index (χ3v) is 4.15. The number of benzene rings is 1. The van der Waals surface area contributed by atoms with Crippen molar-refractivity contribution in [3.05, 3.63) is 54.1 Å². The van der Waals surface area contributed by atoms with Crippen LogP contribution < -0.4 is 4.72 Å². The lowest BCUT2D eigenvalue weighted by Crippen LogP contribution is -2.36. The topological polar surface area (TPSA) is 64.0 Å². The van der Waals surface area contributed by atoms with Crippen molar-refractivity contribution < 1.29 is 12.8 Å². The van der Waals surface area contributed by atoms with Gasteiger partial charge in [-0.3, -0.25) is 4.68 Å². The molecule has 0 aliphatic heterocycles. The van der Waals surface area contributed by atoms with Gasteiger partial charge < -0.3 is 0 Å².